The maximum atomic E-state index is 12.2. The number of aromatic nitrogens is 2. The highest BCUT2D eigenvalue weighted by atomic mass is 32.1. The van der Waals surface area contributed by atoms with Crippen molar-refractivity contribution in [2.24, 2.45) is 7.05 Å². The molecular weight excluding hydrogens is 244 g/mol. The Kier molecular flexibility index (Phi) is 2.72. The molecule has 0 saturated carbocycles. The van der Waals surface area contributed by atoms with Crippen molar-refractivity contribution in [2.75, 3.05) is 0 Å². The molecular formula is C14H12N2OS. The molecule has 0 spiro atoms. The molecule has 0 aliphatic carbocycles. The third-order valence-electron chi connectivity index (χ3n) is 2.97. The molecule has 0 amide bonds. The third kappa shape index (κ3) is 1.84. The highest BCUT2D eigenvalue weighted by molar-refractivity contribution is 7.09. The zero-order valence-electron chi connectivity index (χ0n) is 9.96. The summed E-state index contributed by atoms with van der Waals surface area (Å²) in [6.45, 7) is 0. The van der Waals surface area contributed by atoms with Gasteiger partial charge >= 0.3 is 0 Å². The van der Waals surface area contributed by atoms with Gasteiger partial charge in [-0.15, -0.1) is 11.3 Å². The Labute approximate surface area is 108 Å². The van der Waals surface area contributed by atoms with E-state index >= 15 is 0 Å². The van der Waals surface area contributed by atoms with Gasteiger partial charge in [0.25, 0.3) is 5.56 Å². The lowest BCUT2D eigenvalue weighted by Gasteiger charge is -2.06. The Hall–Kier alpha value is -1.94. The summed E-state index contributed by atoms with van der Waals surface area (Å²) in [5.41, 5.74) is 2.34. The summed E-state index contributed by atoms with van der Waals surface area (Å²) in [6.07, 6.45) is 0.606. The number of nitrogens with zero attached hydrogens (tertiary/aromatic N) is 2. The van der Waals surface area contributed by atoms with E-state index in [-0.39, 0.29) is 5.56 Å². The van der Waals surface area contributed by atoms with E-state index in [9.17, 15) is 4.79 Å². The van der Waals surface area contributed by atoms with E-state index in [1.165, 1.54) is 0 Å². The first kappa shape index (κ1) is 11.2. The predicted molar refractivity (Wildman–Crippen MR) is 74.1 cm³/mol. The molecule has 3 aromatic rings. The summed E-state index contributed by atoms with van der Waals surface area (Å²) in [5, 5.41) is 2.01. The summed E-state index contributed by atoms with van der Waals surface area (Å²) in [6, 6.07) is 11.7. The standard InChI is InChI=1S/C14H12N2OS/c1-16-13-7-3-2-6-11(13)15-12(14(16)17)9-10-5-4-8-18-10/h2-8H,9H2,1H3. The lowest BCUT2D eigenvalue weighted by Crippen LogP contribution is -2.23. The highest BCUT2D eigenvalue weighted by Crippen LogP contribution is 2.14. The van der Waals surface area contributed by atoms with Gasteiger partial charge in [-0.1, -0.05) is 18.2 Å². The van der Waals surface area contributed by atoms with Gasteiger partial charge in [0.05, 0.1) is 11.0 Å². The number of aryl methyl sites for hydroxylation is 1. The van der Waals surface area contributed by atoms with Crippen molar-refractivity contribution in [1.82, 2.24) is 9.55 Å². The molecule has 0 N–H and O–H groups in total. The summed E-state index contributed by atoms with van der Waals surface area (Å²) in [5.74, 6) is 0. The van der Waals surface area contributed by atoms with E-state index in [1.54, 1.807) is 23.0 Å². The molecule has 1 aromatic carbocycles. The normalized spacial score (nSPS) is 10.9. The van der Waals surface area contributed by atoms with Crippen LogP contribution in [-0.4, -0.2) is 9.55 Å². The lowest BCUT2D eigenvalue weighted by atomic mass is 10.2. The molecule has 0 saturated heterocycles. The topological polar surface area (TPSA) is 34.9 Å². The predicted octanol–water partition coefficient (Wildman–Crippen LogP) is 2.59. The molecule has 18 heavy (non-hydrogen) atoms. The van der Waals surface area contributed by atoms with Crippen molar-refractivity contribution < 1.29 is 0 Å². The van der Waals surface area contributed by atoms with Crippen LogP contribution in [-0.2, 0) is 13.5 Å². The number of benzene rings is 1. The van der Waals surface area contributed by atoms with Crippen LogP contribution in [0.25, 0.3) is 11.0 Å². The monoisotopic (exact) mass is 256 g/mol. The van der Waals surface area contributed by atoms with Crippen LogP contribution in [0.2, 0.25) is 0 Å². The fraction of sp³-hybridized carbons (Fsp3) is 0.143. The summed E-state index contributed by atoms with van der Waals surface area (Å²) in [4.78, 5) is 17.9. The first-order chi connectivity index (χ1) is 8.75. The fourth-order valence-corrected chi connectivity index (χ4v) is 2.74. The van der Waals surface area contributed by atoms with Crippen molar-refractivity contribution in [3.63, 3.8) is 0 Å². The first-order valence-electron chi connectivity index (χ1n) is 5.73. The van der Waals surface area contributed by atoms with Gasteiger partial charge in [-0.3, -0.25) is 4.79 Å². The zero-order chi connectivity index (χ0) is 12.5. The maximum absolute atomic E-state index is 12.2. The van der Waals surface area contributed by atoms with Gasteiger partial charge in [-0.2, -0.15) is 0 Å². The number of hydrogen-bond donors (Lipinski definition) is 0. The minimum atomic E-state index is -0.0119. The molecule has 3 nitrogen and oxygen atoms in total. The average molecular weight is 256 g/mol. The van der Waals surface area contributed by atoms with Crippen LogP contribution in [0.1, 0.15) is 10.6 Å². The quantitative estimate of drug-likeness (QED) is 0.706. The molecule has 0 bridgehead atoms. The molecule has 0 radical (unpaired) electrons. The van der Waals surface area contributed by atoms with Crippen molar-refractivity contribution in [2.45, 2.75) is 6.42 Å². The Bertz CT molecular complexity index is 744. The van der Waals surface area contributed by atoms with Gasteiger partial charge in [0.2, 0.25) is 0 Å². The Balaban J connectivity index is 2.18. The fourth-order valence-electron chi connectivity index (χ4n) is 2.03. The number of fused-ring (bicyclic) bond motifs is 1. The minimum absolute atomic E-state index is 0.0119. The summed E-state index contributed by atoms with van der Waals surface area (Å²) < 4.78 is 1.67. The molecule has 4 heteroatoms. The van der Waals surface area contributed by atoms with Crippen LogP contribution < -0.4 is 5.56 Å². The lowest BCUT2D eigenvalue weighted by molar-refractivity contribution is 0.858. The number of para-hydroxylation sites is 2. The van der Waals surface area contributed by atoms with Gasteiger partial charge in [0.1, 0.15) is 5.69 Å². The number of rotatable bonds is 2. The van der Waals surface area contributed by atoms with Crippen LogP contribution in [0, 0.1) is 0 Å². The van der Waals surface area contributed by atoms with Crippen LogP contribution >= 0.6 is 11.3 Å². The number of hydrogen-bond acceptors (Lipinski definition) is 3. The molecule has 2 aromatic heterocycles. The molecule has 3 rings (SSSR count). The SMILES string of the molecule is Cn1c(=O)c(Cc2cccs2)nc2ccccc21. The second-order valence-electron chi connectivity index (χ2n) is 4.17. The molecule has 2 heterocycles. The molecule has 0 atom stereocenters. The van der Waals surface area contributed by atoms with E-state index in [4.69, 9.17) is 0 Å². The largest absolute Gasteiger partial charge is 0.308 e. The molecule has 0 fully saturated rings. The summed E-state index contributed by atoms with van der Waals surface area (Å²) >= 11 is 1.65. The van der Waals surface area contributed by atoms with Crippen LogP contribution in [0.5, 0.6) is 0 Å². The second-order valence-corrected chi connectivity index (χ2v) is 5.20. The molecule has 0 aliphatic heterocycles. The van der Waals surface area contributed by atoms with Gasteiger partial charge in [-0.25, -0.2) is 4.98 Å². The van der Waals surface area contributed by atoms with Crippen molar-refractivity contribution in [3.8, 4) is 0 Å². The first-order valence-corrected chi connectivity index (χ1v) is 6.61. The van der Waals surface area contributed by atoms with E-state index in [0.717, 1.165) is 15.9 Å². The van der Waals surface area contributed by atoms with E-state index < -0.39 is 0 Å². The molecule has 0 aliphatic rings. The zero-order valence-corrected chi connectivity index (χ0v) is 10.8. The van der Waals surface area contributed by atoms with Crippen molar-refractivity contribution in [1.29, 1.82) is 0 Å². The second kappa shape index (κ2) is 4.38. The van der Waals surface area contributed by atoms with Crippen molar-refractivity contribution >= 4 is 22.4 Å². The Morgan fingerprint density at radius 1 is 1.22 bits per heavy atom. The molecule has 0 unspecified atom stereocenters. The third-order valence-corrected chi connectivity index (χ3v) is 3.85. The van der Waals surface area contributed by atoms with Gasteiger partial charge < -0.3 is 4.57 Å². The van der Waals surface area contributed by atoms with Crippen molar-refractivity contribution in [3.05, 3.63) is 62.7 Å². The Morgan fingerprint density at radius 3 is 2.83 bits per heavy atom. The average Bonchev–Trinajstić information content (AvgIpc) is 2.89. The minimum Gasteiger partial charge on any atom is -0.308 e. The molecule has 90 valence electrons. The van der Waals surface area contributed by atoms with E-state index in [2.05, 4.69) is 4.98 Å². The maximum Gasteiger partial charge on any atom is 0.272 e. The highest BCUT2D eigenvalue weighted by Gasteiger charge is 2.09. The van der Waals surface area contributed by atoms with Gasteiger partial charge in [0, 0.05) is 18.3 Å². The smallest absolute Gasteiger partial charge is 0.272 e. The van der Waals surface area contributed by atoms with Crippen LogP contribution in [0.15, 0.2) is 46.6 Å². The van der Waals surface area contributed by atoms with Crippen LogP contribution in [0.4, 0.5) is 0 Å². The van der Waals surface area contributed by atoms with Gasteiger partial charge in [0.15, 0.2) is 0 Å². The van der Waals surface area contributed by atoms with E-state index in [1.807, 2.05) is 41.8 Å². The van der Waals surface area contributed by atoms with Crippen LogP contribution in [0.3, 0.4) is 0 Å². The van der Waals surface area contributed by atoms with Gasteiger partial charge in [-0.05, 0) is 23.6 Å². The summed E-state index contributed by atoms with van der Waals surface area (Å²) in [7, 11) is 1.80. The van der Waals surface area contributed by atoms with E-state index in [0.29, 0.717) is 12.1 Å². The Morgan fingerprint density at radius 2 is 2.06 bits per heavy atom. The number of thiophene rings is 1.